The van der Waals surface area contributed by atoms with Crippen LogP contribution in [0.5, 0.6) is 0 Å². The van der Waals surface area contributed by atoms with Gasteiger partial charge in [0.1, 0.15) is 0 Å². The lowest BCUT2D eigenvalue weighted by atomic mass is 9.93. The van der Waals surface area contributed by atoms with Gasteiger partial charge in [-0.25, -0.2) is 0 Å². The Kier molecular flexibility index (Phi) is 4.47. The Hall–Kier alpha value is -3.06. The second-order valence-corrected chi connectivity index (χ2v) is 7.93. The molecule has 0 aliphatic rings. The van der Waals surface area contributed by atoms with Crippen LogP contribution >= 0.6 is 0 Å². The average molecular weight is 366 g/mol. The van der Waals surface area contributed by atoms with E-state index in [0.717, 1.165) is 0 Å². The van der Waals surface area contributed by atoms with Gasteiger partial charge >= 0.3 is 0 Å². The fourth-order valence-electron chi connectivity index (χ4n) is 4.30. The van der Waals surface area contributed by atoms with Crippen LogP contribution in [0.25, 0.3) is 38.5 Å². The molecule has 1 aromatic heterocycles. The molecular formula is C27H27N. The minimum absolute atomic E-state index is 1.18. The molecule has 0 saturated carbocycles. The molecule has 4 aromatic rings. The number of fused-ring (bicyclic) bond motifs is 3. The van der Waals surface area contributed by atoms with Crippen molar-refractivity contribution in [1.82, 2.24) is 4.98 Å². The maximum atomic E-state index is 3.91. The van der Waals surface area contributed by atoms with Crippen molar-refractivity contribution < 1.29 is 0 Å². The molecule has 1 heteroatoms. The predicted molar refractivity (Wildman–Crippen MR) is 124 cm³/mol. The monoisotopic (exact) mass is 365 g/mol. The summed E-state index contributed by atoms with van der Waals surface area (Å²) in [6.45, 7) is 14.8. The Morgan fingerprint density at radius 2 is 1.43 bits per heavy atom. The van der Waals surface area contributed by atoms with Crippen molar-refractivity contribution in [1.29, 1.82) is 0 Å². The number of allylic oxidation sites excluding steroid dienone is 3. The molecule has 3 aromatic carbocycles. The quantitative estimate of drug-likeness (QED) is 0.355. The lowest BCUT2D eigenvalue weighted by molar-refractivity contribution is 1.32. The van der Waals surface area contributed by atoms with Gasteiger partial charge in [0.05, 0.1) is 0 Å². The van der Waals surface area contributed by atoms with E-state index in [-0.39, 0.29) is 0 Å². The van der Waals surface area contributed by atoms with E-state index in [0.29, 0.717) is 0 Å². The smallest absolute Gasteiger partial charge is 0.0465 e. The molecule has 0 saturated heterocycles. The van der Waals surface area contributed by atoms with E-state index >= 15 is 0 Å². The summed E-state index contributed by atoms with van der Waals surface area (Å²) in [6, 6.07) is 18.0. The van der Waals surface area contributed by atoms with Crippen LogP contribution in [0.2, 0.25) is 0 Å². The topological polar surface area (TPSA) is 15.8 Å². The molecule has 0 unspecified atom stereocenters. The van der Waals surface area contributed by atoms with Crippen molar-refractivity contribution in [2.24, 2.45) is 0 Å². The summed E-state index contributed by atoms with van der Waals surface area (Å²) < 4.78 is 0. The first-order valence-corrected chi connectivity index (χ1v) is 9.83. The fraction of sp³-hybridized carbons (Fsp3) is 0.185. The minimum atomic E-state index is 1.18. The SMILES string of the molecule is C=CC(C)=C(C)c1ccc2[nH]c3ccc(-c4c(C)cc(C)cc4C)cc3c2c1. The van der Waals surface area contributed by atoms with E-state index in [4.69, 9.17) is 0 Å². The van der Waals surface area contributed by atoms with E-state index in [1.807, 2.05) is 6.08 Å². The molecule has 0 fully saturated rings. The standard InChI is InChI=1S/C27H27N/c1-7-17(3)20(6)21-8-10-25-23(14-21)24-15-22(9-11-26(24)28-25)27-18(4)12-16(2)13-19(27)5/h7-15,28H,1H2,2-6H3. The van der Waals surface area contributed by atoms with Gasteiger partial charge in [-0.3, -0.25) is 0 Å². The number of aromatic nitrogens is 1. The second kappa shape index (κ2) is 6.83. The number of rotatable bonds is 3. The van der Waals surface area contributed by atoms with Gasteiger partial charge in [0, 0.05) is 21.8 Å². The summed E-state index contributed by atoms with van der Waals surface area (Å²) >= 11 is 0. The van der Waals surface area contributed by atoms with Gasteiger partial charge < -0.3 is 4.98 Å². The predicted octanol–water partition coefficient (Wildman–Crippen LogP) is 7.89. The van der Waals surface area contributed by atoms with E-state index < -0.39 is 0 Å². The molecule has 0 radical (unpaired) electrons. The van der Waals surface area contributed by atoms with Crippen molar-refractivity contribution in [2.45, 2.75) is 34.6 Å². The summed E-state index contributed by atoms with van der Waals surface area (Å²) in [5.74, 6) is 0. The van der Waals surface area contributed by atoms with Crippen LogP contribution in [-0.2, 0) is 0 Å². The van der Waals surface area contributed by atoms with Crippen LogP contribution < -0.4 is 0 Å². The summed E-state index contributed by atoms with van der Waals surface area (Å²) in [7, 11) is 0. The third-order valence-corrected chi connectivity index (χ3v) is 5.90. The van der Waals surface area contributed by atoms with Crippen LogP contribution in [-0.4, -0.2) is 4.98 Å². The molecule has 140 valence electrons. The van der Waals surface area contributed by atoms with E-state index in [1.54, 1.807) is 0 Å². The Bertz CT molecular complexity index is 1240. The van der Waals surface area contributed by atoms with Crippen LogP contribution in [0.15, 0.2) is 66.8 Å². The van der Waals surface area contributed by atoms with Gasteiger partial charge in [-0.05, 0) is 97.8 Å². The van der Waals surface area contributed by atoms with Crippen molar-refractivity contribution in [3.63, 3.8) is 0 Å². The lowest BCUT2D eigenvalue weighted by Crippen LogP contribution is -1.90. The number of H-pyrrole nitrogens is 1. The summed E-state index contributed by atoms with van der Waals surface area (Å²) in [5, 5.41) is 2.55. The first kappa shape index (κ1) is 18.3. The molecule has 0 bridgehead atoms. The summed E-state index contributed by atoms with van der Waals surface area (Å²) in [6.07, 6.45) is 1.93. The zero-order valence-electron chi connectivity index (χ0n) is 17.4. The third-order valence-electron chi connectivity index (χ3n) is 5.90. The van der Waals surface area contributed by atoms with Crippen molar-refractivity contribution >= 4 is 27.4 Å². The summed E-state index contributed by atoms with van der Waals surface area (Å²) in [5.41, 5.74) is 12.7. The first-order chi connectivity index (χ1) is 13.4. The Morgan fingerprint density at radius 1 is 0.821 bits per heavy atom. The molecule has 28 heavy (non-hydrogen) atoms. The van der Waals surface area contributed by atoms with Crippen molar-refractivity contribution in [3.8, 4) is 11.1 Å². The number of nitrogens with one attached hydrogen (secondary N) is 1. The van der Waals surface area contributed by atoms with Crippen LogP contribution in [0.3, 0.4) is 0 Å². The van der Waals surface area contributed by atoms with E-state index in [9.17, 15) is 0 Å². The van der Waals surface area contributed by atoms with Crippen LogP contribution in [0.1, 0.15) is 36.1 Å². The molecule has 0 atom stereocenters. The Balaban J connectivity index is 1.96. The number of hydrogen-bond donors (Lipinski definition) is 1. The number of aromatic amines is 1. The number of benzene rings is 3. The molecule has 4 rings (SSSR count). The maximum Gasteiger partial charge on any atom is 0.0465 e. The highest BCUT2D eigenvalue weighted by molar-refractivity contribution is 6.09. The first-order valence-electron chi connectivity index (χ1n) is 9.83. The van der Waals surface area contributed by atoms with Crippen LogP contribution in [0, 0.1) is 20.8 Å². The normalized spacial score (nSPS) is 12.5. The highest BCUT2D eigenvalue weighted by atomic mass is 14.7. The Morgan fingerprint density at radius 3 is 2.07 bits per heavy atom. The average Bonchev–Trinajstić information content (AvgIpc) is 3.03. The minimum Gasteiger partial charge on any atom is -0.355 e. The molecule has 0 spiro atoms. The van der Waals surface area contributed by atoms with Gasteiger partial charge in [-0.15, -0.1) is 0 Å². The van der Waals surface area contributed by atoms with Crippen LogP contribution in [0.4, 0.5) is 0 Å². The molecule has 0 amide bonds. The van der Waals surface area contributed by atoms with Gasteiger partial charge in [-0.2, -0.15) is 0 Å². The zero-order valence-corrected chi connectivity index (χ0v) is 17.4. The van der Waals surface area contributed by atoms with Gasteiger partial charge in [0.25, 0.3) is 0 Å². The van der Waals surface area contributed by atoms with E-state index in [1.165, 1.54) is 66.3 Å². The molecular weight excluding hydrogens is 338 g/mol. The lowest BCUT2D eigenvalue weighted by Gasteiger charge is -2.12. The number of hydrogen-bond acceptors (Lipinski definition) is 0. The maximum absolute atomic E-state index is 3.91. The van der Waals surface area contributed by atoms with Gasteiger partial charge in [0.2, 0.25) is 0 Å². The van der Waals surface area contributed by atoms with Gasteiger partial charge in [0.15, 0.2) is 0 Å². The molecule has 0 aliphatic carbocycles. The van der Waals surface area contributed by atoms with Crippen molar-refractivity contribution in [3.05, 3.63) is 89.0 Å². The van der Waals surface area contributed by atoms with Crippen molar-refractivity contribution in [2.75, 3.05) is 0 Å². The second-order valence-electron chi connectivity index (χ2n) is 7.93. The number of aryl methyl sites for hydroxylation is 3. The molecule has 1 N–H and O–H groups in total. The fourth-order valence-corrected chi connectivity index (χ4v) is 4.30. The molecule has 1 nitrogen and oxygen atoms in total. The highest BCUT2D eigenvalue weighted by Crippen LogP contribution is 2.34. The zero-order chi connectivity index (χ0) is 20.0. The Labute approximate surface area is 167 Å². The molecule has 0 aliphatic heterocycles. The third kappa shape index (κ3) is 2.97. The largest absolute Gasteiger partial charge is 0.355 e. The van der Waals surface area contributed by atoms with Gasteiger partial charge in [-0.1, -0.05) is 42.5 Å². The molecule has 1 heterocycles. The van der Waals surface area contributed by atoms with E-state index in [2.05, 4.69) is 94.7 Å². The summed E-state index contributed by atoms with van der Waals surface area (Å²) in [4.78, 5) is 3.57. The highest BCUT2D eigenvalue weighted by Gasteiger charge is 2.11.